The third-order valence-electron chi connectivity index (χ3n) is 3.73. The van der Waals surface area contributed by atoms with E-state index in [-0.39, 0.29) is 5.91 Å². The summed E-state index contributed by atoms with van der Waals surface area (Å²) in [6.07, 6.45) is 4.35. The summed E-state index contributed by atoms with van der Waals surface area (Å²) in [4.78, 5) is 18.5. The fourth-order valence-electron chi connectivity index (χ4n) is 2.66. The van der Waals surface area contributed by atoms with Crippen LogP contribution in [0.4, 0.5) is 0 Å². The van der Waals surface area contributed by atoms with Crippen LogP contribution in [0.5, 0.6) is 0 Å². The minimum atomic E-state index is -0.0508. The molecule has 2 heterocycles. The Kier molecular flexibility index (Phi) is 6.14. The fourth-order valence-corrected chi connectivity index (χ4v) is 2.66. The molecule has 0 aliphatic carbocycles. The maximum Gasteiger partial charge on any atom is 0.252 e. The number of hydrogen-bond acceptors (Lipinski definition) is 4. The van der Waals surface area contributed by atoms with Crippen molar-refractivity contribution in [2.75, 3.05) is 32.8 Å². The lowest BCUT2D eigenvalue weighted by Gasteiger charge is -2.35. The number of ether oxygens (including phenoxy) is 1. The Morgan fingerprint density at radius 2 is 2.19 bits per heavy atom. The smallest absolute Gasteiger partial charge is 0.252 e. The lowest BCUT2D eigenvalue weighted by atomic mass is 10.0. The summed E-state index contributed by atoms with van der Waals surface area (Å²) in [6.45, 7) is 8.56. The molecule has 1 N–H and O–H groups in total. The first-order valence-corrected chi connectivity index (χ1v) is 7.67. The summed E-state index contributed by atoms with van der Waals surface area (Å²) >= 11 is 0. The summed E-state index contributed by atoms with van der Waals surface area (Å²) in [5.41, 5.74) is 0.614. The summed E-state index contributed by atoms with van der Waals surface area (Å²) in [6, 6.07) is 3.94. The number of rotatable bonds is 6. The van der Waals surface area contributed by atoms with Crippen molar-refractivity contribution in [3.63, 3.8) is 0 Å². The second kappa shape index (κ2) is 8.10. The summed E-state index contributed by atoms with van der Waals surface area (Å²) in [7, 11) is 0. The summed E-state index contributed by atoms with van der Waals surface area (Å²) in [5, 5.41) is 3.04. The van der Waals surface area contributed by atoms with Gasteiger partial charge in [0.15, 0.2) is 0 Å². The van der Waals surface area contributed by atoms with E-state index in [9.17, 15) is 4.79 Å². The molecule has 1 aliphatic heterocycles. The van der Waals surface area contributed by atoms with Crippen molar-refractivity contribution in [2.24, 2.45) is 5.92 Å². The minimum Gasteiger partial charge on any atom is -0.379 e. The first kappa shape index (κ1) is 15.9. The van der Waals surface area contributed by atoms with Crippen LogP contribution in [0.1, 0.15) is 30.6 Å². The number of hydrogen-bond donors (Lipinski definition) is 1. The Bertz CT molecular complexity index is 430. The third kappa shape index (κ3) is 5.10. The molecule has 116 valence electrons. The summed E-state index contributed by atoms with van der Waals surface area (Å²) < 4.78 is 5.41. The number of nitrogens with zero attached hydrogens (tertiary/aromatic N) is 2. The molecule has 5 nitrogen and oxygen atoms in total. The molecule has 5 heteroatoms. The Hall–Kier alpha value is -1.46. The van der Waals surface area contributed by atoms with Gasteiger partial charge in [0.25, 0.3) is 5.91 Å². The maximum atomic E-state index is 12.1. The predicted octanol–water partition coefficient (Wildman–Crippen LogP) is 1.56. The molecule has 1 aromatic heterocycles. The van der Waals surface area contributed by atoms with Crippen LogP contribution < -0.4 is 5.32 Å². The van der Waals surface area contributed by atoms with Crippen molar-refractivity contribution < 1.29 is 9.53 Å². The molecule has 1 amide bonds. The van der Waals surface area contributed by atoms with Gasteiger partial charge in [-0.3, -0.25) is 14.7 Å². The highest BCUT2D eigenvalue weighted by Crippen LogP contribution is 2.13. The van der Waals surface area contributed by atoms with Gasteiger partial charge in [0.1, 0.15) is 0 Å². The molecule has 0 aromatic carbocycles. The van der Waals surface area contributed by atoms with E-state index in [1.165, 1.54) is 0 Å². The van der Waals surface area contributed by atoms with Gasteiger partial charge in [-0.1, -0.05) is 13.8 Å². The molecule has 2 rings (SSSR count). The van der Waals surface area contributed by atoms with Gasteiger partial charge in [0.05, 0.1) is 18.8 Å². The molecule has 1 aromatic rings. The molecule has 0 spiro atoms. The van der Waals surface area contributed by atoms with Crippen LogP contribution in [0.15, 0.2) is 24.5 Å². The number of carbonyl (C=O) groups excluding carboxylic acids is 1. The molecule has 0 radical (unpaired) electrons. The fraction of sp³-hybridized carbons (Fsp3) is 0.625. The van der Waals surface area contributed by atoms with Gasteiger partial charge < -0.3 is 10.1 Å². The van der Waals surface area contributed by atoms with Crippen molar-refractivity contribution in [3.05, 3.63) is 30.1 Å². The zero-order chi connectivity index (χ0) is 15.1. The molecule has 0 bridgehead atoms. The Morgan fingerprint density at radius 1 is 1.43 bits per heavy atom. The summed E-state index contributed by atoms with van der Waals surface area (Å²) in [5.74, 6) is 0.554. The van der Waals surface area contributed by atoms with Crippen LogP contribution in [-0.2, 0) is 4.74 Å². The molecule has 0 saturated carbocycles. The lowest BCUT2D eigenvalue weighted by Crippen LogP contribution is -2.49. The van der Waals surface area contributed by atoms with Gasteiger partial charge in [0.2, 0.25) is 0 Å². The van der Waals surface area contributed by atoms with Crippen molar-refractivity contribution in [1.29, 1.82) is 0 Å². The standard InChI is InChI=1S/C16H25N3O2/c1-13(2)10-15(19-6-8-21-9-7-19)12-18-16(20)14-4-3-5-17-11-14/h3-5,11,13,15H,6-10,12H2,1-2H3,(H,18,20). The van der Waals surface area contributed by atoms with E-state index >= 15 is 0 Å². The molecule has 21 heavy (non-hydrogen) atoms. The third-order valence-corrected chi connectivity index (χ3v) is 3.73. The van der Waals surface area contributed by atoms with Crippen LogP contribution in [0.3, 0.4) is 0 Å². The molecule has 1 atom stereocenters. The van der Waals surface area contributed by atoms with E-state index in [2.05, 4.69) is 29.0 Å². The minimum absolute atomic E-state index is 0.0508. The van der Waals surface area contributed by atoms with Crippen LogP contribution in [0.25, 0.3) is 0 Å². The highest BCUT2D eigenvalue weighted by atomic mass is 16.5. The van der Waals surface area contributed by atoms with E-state index < -0.39 is 0 Å². The zero-order valence-corrected chi connectivity index (χ0v) is 12.9. The lowest BCUT2D eigenvalue weighted by molar-refractivity contribution is 0.0124. The number of amides is 1. The van der Waals surface area contributed by atoms with Gasteiger partial charge in [-0.05, 0) is 24.5 Å². The largest absolute Gasteiger partial charge is 0.379 e. The van der Waals surface area contributed by atoms with Crippen LogP contribution >= 0.6 is 0 Å². The first-order valence-electron chi connectivity index (χ1n) is 7.67. The second-order valence-corrected chi connectivity index (χ2v) is 5.88. The molecule has 1 unspecified atom stereocenters. The topological polar surface area (TPSA) is 54.5 Å². The van der Waals surface area contributed by atoms with E-state index in [0.717, 1.165) is 32.7 Å². The van der Waals surface area contributed by atoms with E-state index in [4.69, 9.17) is 4.74 Å². The van der Waals surface area contributed by atoms with Gasteiger partial charge in [0, 0.05) is 38.1 Å². The van der Waals surface area contributed by atoms with Crippen molar-refractivity contribution >= 4 is 5.91 Å². The SMILES string of the molecule is CC(C)CC(CNC(=O)c1cccnc1)N1CCOCC1. The van der Waals surface area contributed by atoms with Gasteiger partial charge in [-0.15, -0.1) is 0 Å². The van der Waals surface area contributed by atoms with Gasteiger partial charge in [-0.2, -0.15) is 0 Å². The van der Waals surface area contributed by atoms with E-state index in [0.29, 0.717) is 24.1 Å². The zero-order valence-electron chi connectivity index (χ0n) is 12.9. The number of carbonyl (C=O) groups is 1. The Labute approximate surface area is 126 Å². The highest BCUT2D eigenvalue weighted by Gasteiger charge is 2.22. The normalized spacial score (nSPS) is 17.7. The van der Waals surface area contributed by atoms with Crippen molar-refractivity contribution in [1.82, 2.24) is 15.2 Å². The predicted molar refractivity (Wildman–Crippen MR) is 82.2 cm³/mol. The number of morpholine rings is 1. The molecule has 1 aliphatic rings. The van der Waals surface area contributed by atoms with Crippen LogP contribution in [-0.4, -0.2) is 54.7 Å². The molecular formula is C16H25N3O2. The van der Waals surface area contributed by atoms with Crippen LogP contribution in [0.2, 0.25) is 0 Å². The molecule has 1 fully saturated rings. The number of nitrogens with one attached hydrogen (secondary N) is 1. The first-order chi connectivity index (χ1) is 10.2. The highest BCUT2D eigenvalue weighted by molar-refractivity contribution is 5.93. The van der Waals surface area contributed by atoms with Crippen molar-refractivity contribution in [3.8, 4) is 0 Å². The quantitative estimate of drug-likeness (QED) is 0.864. The van der Waals surface area contributed by atoms with Crippen LogP contribution in [0, 0.1) is 5.92 Å². The second-order valence-electron chi connectivity index (χ2n) is 5.88. The van der Waals surface area contributed by atoms with Gasteiger partial charge in [-0.25, -0.2) is 0 Å². The van der Waals surface area contributed by atoms with E-state index in [1.807, 2.05) is 0 Å². The number of aromatic nitrogens is 1. The van der Waals surface area contributed by atoms with Crippen molar-refractivity contribution in [2.45, 2.75) is 26.3 Å². The van der Waals surface area contributed by atoms with E-state index in [1.54, 1.807) is 24.5 Å². The number of pyridine rings is 1. The molecule has 1 saturated heterocycles. The van der Waals surface area contributed by atoms with Gasteiger partial charge >= 0.3 is 0 Å². The average molecular weight is 291 g/mol. The monoisotopic (exact) mass is 291 g/mol. The Balaban J connectivity index is 1.90. The average Bonchev–Trinajstić information content (AvgIpc) is 2.52. The maximum absolute atomic E-state index is 12.1. The molecular weight excluding hydrogens is 266 g/mol. The Morgan fingerprint density at radius 3 is 2.81 bits per heavy atom.